The van der Waals surface area contributed by atoms with Gasteiger partial charge in [-0.2, -0.15) is 0 Å². The third-order valence-corrected chi connectivity index (χ3v) is 5.81. The predicted molar refractivity (Wildman–Crippen MR) is 124 cm³/mol. The highest BCUT2D eigenvalue weighted by Crippen LogP contribution is 2.44. The second-order valence-corrected chi connectivity index (χ2v) is 8.07. The van der Waals surface area contributed by atoms with Crippen molar-refractivity contribution in [3.63, 3.8) is 0 Å². The molecular weight excluding hydrogens is 439 g/mol. The van der Waals surface area contributed by atoms with Gasteiger partial charge in [-0.25, -0.2) is 9.18 Å². The number of carbonyl (C=O) groups excluding carboxylic acids is 2. The molecule has 0 heterocycles. The molecule has 0 spiro atoms. The Morgan fingerprint density at radius 2 is 1.59 bits per heavy atom. The summed E-state index contributed by atoms with van der Waals surface area (Å²) in [5, 5.41) is 13.6. The number of anilines is 1. The van der Waals surface area contributed by atoms with Crippen molar-refractivity contribution in [3.8, 4) is 11.1 Å². The summed E-state index contributed by atoms with van der Waals surface area (Å²) in [6.45, 7) is 1.33. The first-order valence-electron chi connectivity index (χ1n) is 10.8. The fourth-order valence-electron chi connectivity index (χ4n) is 3.98. The van der Waals surface area contributed by atoms with Crippen molar-refractivity contribution in [3.05, 3.63) is 89.2 Å². The highest BCUT2D eigenvalue weighted by atomic mass is 19.1. The van der Waals surface area contributed by atoms with Gasteiger partial charge in [0.05, 0.1) is 17.2 Å². The van der Waals surface area contributed by atoms with Gasteiger partial charge in [-0.3, -0.25) is 14.9 Å². The molecule has 34 heavy (non-hydrogen) atoms. The molecule has 1 atom stereocenters. The van der Waals surface area contributed by atoms with Gasteiger partial charge in [-0.15, -0.1) is 0 Å². The van der Waals surface area contributed by atoms with E-state index in [1.165, 1.54) is 25.1 Å². The van der Waals surface area contributed by atoms with Crippen molar-refractivity contribution >= 4 is 23.7 Å². The molecule has 0 saturated heterocycles. The Bertz CT molecular complexity index is 1210. The summed E-state index contributed by atoms with van der Waals surface area (Å²) in [6, 6.07) is 19.8. The van der Waals surface area contributed by atoms with E-state index in [-0.39, 0.29) is 30.3 Å². The molecule has 0 radical (unpaired) electrons. The smallest absolute Gasteiger partial charge is 0.411 e. The van der Waals surface area contributed by atoms with Gasteiger partial charge in [0, 0.05) is 12.5 Å². The summed E-state index contributed by atoms with van der Waals surface area (Å²) in [7, 11) is 0. The molecule has 0 bridgehead atoms. The summed E-state index contributed by atoms with van der Waals surface area (Å²) < 4.78 is 20.3. The minimum Gasteiger partial charge on any atom is -0.481 e. The van der Waals surface area contributed by atoms with Gasteiger partial charge < -0.3 is 15.2 Å². The van der Waals surface area contributed by atoms with Crippen molar-refractivity contribution in [2.24, 2.45) is 5.92 Å². The van der Waals surface area contributed by atoms with E-state index in [1.807, 2.05) is 48.5 Å². The maximum absolute atomic E-state index is 14.9. The van der Waals surface area contributed by atoms with Gasteiger partial charge in [-0.1, -0.05) is 61.5 Å². The van der Waals surface area contributed by atoms with Crippen LogP contribution in [0.15, 0.2) is 66.7 Å². The fraction of sp³-hybridized carbons (Fsp3) is 0.192. The molecule has 3 aromatic carbocycles. The Morgan fingerprint density at radius 3 is 2.21 bits per heavy atom. The van der Waals surface area contributed by atoms with Gasteiger partial charge >= 0.3 is 12.1 Å². The maximum Gasteiger partial charge on any atom is 0.411 e. The highest BCUT2D eigenvalue weighted by Gasteiger charge is 2.29. The molecule has 1 aliphatic carbocycles. The van der Waals surface area contributed by atoms with Gasteiger partial charge in [0.15, 0.2) is 5.82 Å². The minimum absolute atomic E-state index is 0.0642. The summed E-state index contributed by atoms with van der Waals surface area (Å²) >= 11 is 0. The topological polar surface area (TPSA) is 105 Å². The molecule has 1 unspecified atom stereocenters. The van der Waals surface area contributed by atoms with Crippen LogP contribution in [0.1, 0.15) is 34.3 Å². The quantitative estimate of drug-likeness (QED) is 0.475. The molecule has 8 heteroatoms. The number of carboxylic acids is 1. The first-order chi connectivity index (χ1) is 16.4. The zero-order valence-electron chi connectivity index (χ0n) is 18.4. The van der Waals surface area contributed by atoms with E-state index in [2.05, 4.69) is 10.6 Å². The van der Waals surface area contributed by atoms with E-state index in [0.29, 0.717) is 0 Å². The second-order valence-electron chi connectivity index (χ2n) is 8.07. The summed E-state index contributed by atoms with van der Waals surface area (Å²) in [5.41, 5.74) is 3.77. The molecule has 0 aromatic heterocycles. The normalized spacial score (nSPS) is 12.9. The van der Waals surface area contributed by atoms with Crippen molar-refractivity contribution in [2.45, 2.75) is 12.8 Å². The molecule has 0 aliphatic heterocycles. The van der Waals surface area contributed by atoms with Crippen molar-refractivity contribution < 1.29 is 28.6 Å². The Morgan fingerprint density at radius 1 is 0.971 bits per heavy atom. The second kappa shape index (κ2) is 9.74. The van der Waals surface area contributed by atoms with Crippen LogP contribution in [0, 0.1) is 11.7 Å². The van der Waals surface area contributed by atoms with Crippen molar-refractivity contribution in [1.82, 2.24) is 5.32 Å². The molecule has 7 nitrogen and oxygen atoms in total. The molecular formula is C26H23FN2O5. The van der Waals surface area contributed by atoms with Crippen LogP contribution >= 0.6 is 0 Å². The van der Waals surface area contributed by atoms with Crippen LogP contribution < -0.4 is 10.6 Å². The molecule has 1 aliphatic rings. The third-order valence-electron chi connectivity index (χ3n) is 5.81. The number of benzene rings is 3. The average molecular weight is 462 g/mol. The molecule has 174 valence electrons. The predicted octanol–water partition coefficient (Wildman–Crippen LogP) is 4.64. The van der Waals surface area contributed by atoms with Crippen LogP contribution in [0.25, 0.3) is 11.1 Å². The van der Waals surface area contributed by atoms with Crippen LogP contribution in [0.2, 0.25) is 0 Å². The SMILES string of the molecule is CC(CNC(=O)c1cccc(NC(=O)OCC2c3ccccc3-c3ccccc32)c1F)C(=O)O. The number of amides is 2. The molecule has 3 N–H and O–H groups in total. The van der Waals surface area contributed by atoms with Crippen LogP contribution in [0.3, 0.4) is 0 Å². The molecule has 0 fully saturated rings. The first kappa shape index (κ1) is 23.0. The van der Waals surface area contributed by atoms with E-state index < -0.39 is 29.7 Å². The Balaban J connectivity index is 1.42. The largest absolute Gasteiger partial charge is 0.481 e. The zero-order chi connectivity index (χ0) is 24.2. The lowest BCUT2D eigenvalue weighted by Crippen LogP contribution is -2.32. The number of carbonyl (C=O) groups is 3. The van der Waals surface area contributed by atoms with E-state index >= 15 is 0 Å². The summed E-state index contributed by atoms with van der Waals surface area (Å²) in [5.74, 6) is -3.75. The molecule has 2 amide bonds. The lowest BCUT2D eigenvalue weighted by Gasteiger charge is -2.15. The summed E-state index contributed by atoms with van der Waals surface area (Å²) in [4.78, 5) is 35.6. The van der Waals surface area contributed by atoms with E-state index in [4.69, 9.17) is 9.84 Å². The number of aliphatic carboxylic acids is 1. The number of carboxylic acid groups (broad SMARTS) is 1. The lowest BCUT2D eigenvalue weighted by molar-refractivity contribution is -0.140. The average Bonchev–Trinajstić information content (AvgIpc) is 3.16. The first-order valence-corrected chi connectivity index (χ1v) is 10.8. The van der Waals surface area contributed by atoms with Crippen molar-refractivity contribution in [1.29, 1.82) is 0 Å². The molecule has 4 rings (SSSR count). The lowest BCUT2D eigenvalue weighted by atomic mass is 9.98. The van der Waals surface area contributed by atoms with E-state index in [0.717, 1.165) is 22.3 Å². The Hall–Kier alpha value is -4.20. The number of halogens is 1. The molecule has 3 aromatic rings. The van der Waals surface area contributed by atoms with Gasteiger partial charge in [0.1, 0.15) is 6.61 Å². The molecule has 0 saturated carbocycles. The van der Waals surface area contributed by atoms with Crippen LogP contribution in [0.5, 0.6) is 0 Å². The van der Waals surface area contributed by atoms with Gasteiger partial charge in [0.25, 0.3) is 5.91 Å². The number of fused-ring (bicyclic) bond motifs is 3. The van der Waals surface area contributed by atoms with Crippen LogP contribution in [-0.4, -0.2) is 36.2 Å². The minimum atomic E-state index is -1.08. The number of hydrogen-bond donors (Lipinski definition) is 3. The third kappa shape index (κ3) is 4.61. The van der Waals surface area contributed by atoms with Crippen molar-refractivity contribution in [2.75, 3.05) is 18.5 Å². The maximum atomic E-state index is 14.9. The van der Waals surface area contributed by atoms with E-state index in [9.17, 15) is 18.8 Å². The zero-order valence-corrected chi connectivity index (χ0v) is 18.4. The number of rotatable bonds is 7. The number of nitrogens with one attached hydrogen (secondary N) is 2. The number of hydrogen-bond acceptors (Lipinski definition) is 4. The summed E-state index contributed by atoms with van der Waals surface area (Å²) in [6.07, 6.45) is -0.849. The fourth-order valence-corrected chi connectivity index (χ4v) is 3.98. The standard InChI is InChI=1S/C26H23FN2O5/c1-15(25(31)32)13-28-24(30)20-11-6-12-22(23(20)27)29-26(33)34-14-21-18-9-4-2-7-16(18)17-8-3-5-10-19(17)21/h2-12,15,21H,13-14H2,1H3,(H,28,30)(H,29,33)(H,31,32). The van der Waals surface area contributed by atoms with Gasteiger partial charge in [-0.05, 0) is 34.4 Å². The van der Waals surface area contributed by atoms with Crippen LogP contribution in [-0.2, 0) is 9.53 Å². The number of ether oxygens (including phenoxy) is 1. The Kier molecular flexibility index (Phi) is 6.58. The monoisotopic (exact) mass is 462 g/mol. The Labute approximate surface area is 195 Å². The highest BCUT2D eigenvalue weighted by molar-refractivity contribution is 5.97. The van der Waals surface area contributed by atoms with E-state index in [1.54, 1.807) is 0 Å². The van der Waals surface area contributed by atoms with Gasteiger partial charge in [0.2, 0.25) is 0 Å². The van der Waals surface area contributed by atoms with Crippen LogP contribution in [0.4, 0.5) is 14.9 Å².